The lowest BCUT2D eigenvalue weighted by atomic mass is 9.70. The summed E-state index contributed by atoms with van der Waals surface area (Å²) in [5.41, 5.74) is 6.74. The van der Waals surface area contributed by atoms with Gasteiger partial charge in [-0.3, -0.25) is 0 Å². The lowest BCUT2D eigenvalue weighted by Crippen LogP contribution is -2.54. The van der Waals surface area contributed by atoms with Crippen molar-refractivity contribution in [1.29, 1.82) is 0 Å². The third kappa shape index (κ3) is 2.84. The van der Waals surface area contributed by atoms with Gasteiger partial charge in [0.1, 0.15) is 0 Å². The first-order valence-corrected chi connectivity index (χ1v) is 7.67. The molecule has 0 spiro atoms. The number of likely N-dealkylation sites (N-methyl/N-ethyl adjacent to an activating group) is 1. The van der Waals surface area contributed by atoms with Crippen LogP contribution in [-0.2, 0) is 0 Å². The van der Waals surface area contributed by atoms with E-state index in [1.807, 2.05) is 14.1 Å². The highest BCUT2D eigenvalue weighted by molar-refractivity contribution is 5.30. The minimum Gasteiger partial charge on any atom is -0.322 e. The number of aryl methyl sites for hydroxylation is 1. The maximum atomic E-state index is 14.3. The van der Waals surface area contributed by atoms with Crippen LogP contribution in [0.4, 0.5) is 8.78 Å². The summed E-state index contributed by atoms with van der Waals surface area (Å²) in [6, 6.07) is 2.74. The normalized spacial score (nSPS) is 27.9. The van der Waals surface area contributed by atoms with E-state index in [1.165, 1.54) is 0 Å². The molecule has 0 bridgehead atoms. The summed E-state index contributed by atoms with van der Waals surface area (Å²) < 4.78 is 28.2. The molecular weight excluding hydrogens is 270 g/mol. The standard InChI is InChI=1S/C17H26F2N2/c1-11-7-9-17(10-8-11,21(3)4)16(20)13-6-5-12(2)14(18)15(13)19/h5-6,11,16H,7-10,20H2,1-4H3. The summed E-state index contributed by atoms with van der Waals surface area (Å²) in [5, 5.41) is 0. The van der Waals surface area contributed by atoms with Crippen LogP contribution in [0.2, 0.25) is 0 Å². The molecule has 1 aliphatic rings. The lowest BCUT2D eigenvalue weighted by Gasteiger charge is -2.48. The van der Waals surface area contributed by atoms with Crippen LogP contribution in [0.25, 0.3) is 0 Å². The van der Waals surface area contributed by atoms with Crippen LogP contribution < -0.4 is 5.73 Å². The first-order valence-electron chi connectivity index (χ1n) is 7.67. The molecule has 0 radical (unpaired) electrons. The first-order chi connectivity index (χ1) is 9.79. The number of benzene rings is 1. The van der Waals surface area contributed by atoms with Crippen molar-refractivity contribution in [3.8, 4) is 0 Å². The van der Waals surface area contributed by atoms with E-state index in [9.17, 15) is 8.78 Å². The lowest BCUT2D eigenvalue weighted by molar-refractivity contribution is 0.0551. The molecule has 0 saturated heterocycles. The van der Waals surface area contributed by atoms with Crippen molar-refractivity contribution in [2.24, 2.45) is 11.7 Å². The highest BCUT2D eigenvalue weighted by Crippen LogP contribution is 2.43. The topological polar surface area (TPSA) is 29.3 Å². The molecule has 2 N–H and O–H groups in total. The van der Waals surface area contributed by atoms with Gasteiger partial charge in [-0.05, 0) is 58.2 Å². The fourth-order valence-corrected chi connectivity index (χ4v) is 3.49. The van der Waals surface area contributed by atoms with E-state index in [1.54, 1.807) is 19.1 Å². The van der Waals surface area contributed by atoms with Gasteiger partial charge in [-0.2, -0.15) is 0 Å². The van der Waals surface area contributed by atoms with E-state index >= 15 is 0 Å². The van der Waals surface area contributed by atoms with Gasteiger partial charge in [0.05, 0.1) is 6.04 Å². The Morgan fingerprint density at radius 2 is 1.76 bits per heavy atom. The van der Waals surface area contributed by atoms with Crippen molar-refractivity contribution < 1.29 is 8.78 Å². The Labute approximate surface area is 126 Å². The molecule has 1 fully saturated rings. The highest BCUT2D eigenvalue weighted by atomic mass is 19.2. The summed E-state index contributed by atoms with van der Waals surface area (Å²) in [4.78, 5) is 2.10. The van der Waals surface area contributed by atoms with Crippen molar-refractivity contribution in [3.05, 3.63) is 34.9 Å². The molecule has 2 rings (SSSR count). The van der Waals surface area contributed by atoms with Crippen LogP contribution >= 0.6 is 0 Å². The van der Waals surface area contributed by atoms with Gasteiger partial charge in [-0.15, -0.1) is 0 Å². The number of rotatable bonds is 3. The van der Waals surface area contributed by atoms with E-state index in [-0.39, 0.29) is 5.54 Å². The fourth-order valence-electron chi connectivity index (χ4n) is 3.49. The number of halogens is 2. The molecular formula is C17H26F2N2. The average Bonchev–Trinajstić information content (AvgIpc) is 2.45. The fraction of sp³-hybridized carbons (Fsp3) is 0.647. The summed E-state index contributed by atoms with van der Waals surface area (Å²) in [6.07, 6.45) is 3.97. The molecule has 1 atom stereocenters. The van der Waals surface area contributed by atoms with Crippen LogP contribution in [0.5, 0.6) is 0 Å². The summed E-state index contributed by atoms with van der Waals surface area (Å²) in [7, 11) is 3.97. The van der Waals surface area contributed by atoms with E-state index in [0.29, 0.717) is 17.0 Å². The molecule has 2 nitrogen and oxygen atoms in total. The maximum absolute atomic E-state index is 14.3. The van der Waals surface area contributed by atoms with Gasteiger partial charge in [-0.1, -0.05) is 19.1 Å². The van der Waals surface area contributed by atoms with Crippen LogP contribution in [0.15, 0.2) is 12.1 Å². The Kier molecular flexibility index (Phi) is 4.69. The zero-order valence-electron chi connectivity index (χ0n) is 13.4. The second kappa shape index (κ2) is 6.01. The molecule has 0 heterocycles. The minimum atomic E-state index is -0.789. The SMILES string of the molecule is Cc1ccc(C(N)C2(N(C)C)CCC(C)CC2)c(F)c1F. The quantitative estimate of drug-likeness (QED) is 0.919. The Morgan fingerprint density at radius 3 is 2.29 bits per heavy atom. The van der Waals surface area contributed by atoms with Crippen LogP contribution in [0.1, 0.15) is 49.8 Å². The monoisotopic (exact) mass is 296 g/mol. The van der Waals surface area contributed by atoms with E-state index in [0.717, 1.165) is 25.7 Å². The molecule has 4 heteroatoms. The molecule has 1 aromatic carbocycles. The van der Waals surface area contributed by atoms with Gasteiger partial charge in [-0.25, -0.2) is 8.78 Å². The van der Waals surface area contributed by atoms with Crippen LogP contribution in [0.3, 0.4) is 0 Å². The molecule has 0 amide bonds. The summed E-state index contributed by atoms with van der Waals surface area (Å²) in [5.74, 6) is -0.895. The smallest absolute Gasteiger partial charge is 0.163 e. The third-order valence-electron chi connectivity index (χ3n) is 5.25. The maximum Gasteiger partial charge on any atom is 0.163 e. The predicted molar refractivity (Wildman–Crippen MR) is 82.1 cm³/mol. The molecule has 21 heavy (non-hydrogen) atoms. The van der Waals surface area contributed by atoms with Gasteiger partial charge in [0, 0.05) is 11.1 Å². The second-order valence-electron chi connectivity index (χ2n) is 6.76. The number of nitrogens with two attached hydrogens (primary N) is 1. The molecule has 1 saturated carbocycles. The van der Waals surface area contributed by atoms with Crippen molar-refractivity contribution in [3.63, 3.8) is 0 Å². The van der Waals surface area contributed by atoms with Crippen molar-refractivity contribution >= 4 is 0 Å². The van der Waals surface area contributed by atoms with E-state index in [2.05, 4.69) is 11.8 Å². The Balaban J connectivity index is 2.40. The molecule has 1 aliphatic carbocycles. The Hall–Kier alpha value is -1.00. The first kappa shape index (κ1) is 16.4. The Morgan fingerprint density at radius 1 is 1.19 bits per heavy atom. The largest absolute Gasteiger partial charge is 0.322 e. The van der Waals surface area contributed by atoms with Crippen molar-refractivity contribution in [1.82, 2.24) is 4.90 Å². The van der Waals surface area contributed by atoms with Gasteiger partial charge < -0.3 is 10.6 Å². The van der Waals surface area contributed by atoms with Crippen molar-refractivity contribution in [2.75, 3.05) is 14.1 Å². The zero-order chi connectivity index (χ0) is 15.8. The number of hydrogen-bond acceptors (Lipinski definition) is 2. The van der Waals surface area contributed by atoms with Gasteiger partial charge in [0.2, 0.25) is 0 Å². The van der Waals surface area contributed by atoms with E-state index in [4.69, 9.17) is 5.73 Å². The Bertz CT molecular complexity index is 506. The molecule has 1 unspecified atom stereocenters. The van der Waals surface area contributed by atoms with Gasteiger partial charge >= 0.3 is 0 Å². The van der Waals surface area contributed by atoms with E-state index < -0.39 is 17.7 Å². The van der Waals surface area contributed by atoms with Crippen LogP contribution in [0, 0.1) is 24.5 Å². The molecule has 0 aliphatic heterocycles. The average molecular weight is 296 g/mol. The summed E-state index contributed by atoms with van der Waals surface area (Å²) >= 11 is 0. The minimum absolute atomic E-state index is 0.293. The molecule has 1 aromatic rings. The van der Waals surface area contributed by atoms with Crippen molar-refractivity contribution in [2.45, 2.75) is 51.1 Å². The predicted octanol–water partition coefficient (Wildman–Crippen LogP) is 3.78. The molecule has 118 valence electrons. The van der Waals surface area contributed by atoms with Gasteiger partial charge in [0.25, 0.3) is 0 Å². The van der Waals surface area contributed by atoms with Gasteiger partial charge in [0.15, 0.2) is 11.6 Å². The van der Waals surface area contributed by atoms with Crippen LogP contribution in [-0.4, -0.2) is 24.5 Å². The molecule has 0 aromatic heterocycles. The highest BCUT2D eigenvalue weighted by Gasteiger charge is 2.43. The number of nitrogens with zero attached hydrogens (tertiary/aromatic N) is 1. The third-order valence-corrected chi connectivity index (χ3v) is 5.25. The number of hydrogen-bond donors (Lipinski definition) is 1. The second-order valence-corrected chi connectivity index (χ2v) is 6.76. The summed E-state index contributed by atoms with van der Waals surface area (Å²) in [6.45, 7) is 3.80. The zero-order valence-corrected chi connectivity index (χ0v) is 13.4.